The minimum absolute atomic E-state index is 0.127. The van der Waals surface area contributed by atoms with E-state index in [1.54, 1.807) is 0 Å². The van der Waals surface area contributed by atoms with E-state index in [1.165, 1.54) is 11.8 Å². The van der Waals surface area contributed by atoms with Crippen molar-refractivity contribution in [1.82, 2.24) is 9.97 Å². The number of hydrogen-bond donors (Lipinski definition) is 1. The van der Waals surface area contributed by atoms with Crippen LogP contribution in [0, 0.1) is 11.3 Å². The van der Waals surface area contributed by atoms with E-state index in [0.29, 0.717) is 10.9 Å². The fourth-order valence-electron chi connectivity index (χ4n) is 1.27. The van der Waals surface area contributed by atoms with E-state index in [4.69, 9.17) is 5.26 Å². The van der Waals surface area contributed by atoms with Crippen LogP contribution in [0.5, 0.6) is 0 Å². The predicted molar refractivity (Wildman–Crippen MR) is 53.3 cm³/mol. The van der Waals surface area contributed by atoms with Crippen molar-refractivity contribution in [3.8, 4) is 6.07 Å². The predicted octanol–water partition coefficient (Wildman–Crippen LogP) is 1.24. The van der Waals surface area contributed by atoms with Crippen molar-refractivity contribution < 1.29 is 0 Å². The zero-order valence-corrected chi connectivity index (χ0v) is 8.52. The second kappa shape index (κ2) is 3.46. The third-order valence-electron chi connectivity index (χ3n) is 2.18. The number of nitriles is 1. The summed E-state index contributed by atoms with van der Waals surface area (Å²) < 4.78 is 0. The topological polar surface area (TPSA) is 69.5 Å². The van der Waals surface area contributed by atoms with Gasteiger partial charge >= 0.3 is 0 Å². The van der Waals surface area contributed by atoms with Crippen LogP contribution in [0.2, 0.25) is 0 Å². The van der Waals surface area contributed by atoms with Crippen LogP contribution >= 0.6 is 11.8 Å². The van der Waals surface area contributed by atoms with E-state index < -0.39 is 5.56 Å². The third-order valence-corrected chi connectivity index (χ3v) is 2.90. The van der Waals surface area contributed by atoms with Crippen molar-refractivity contribution in [3.63, 3.8) is 0 Å². The van der Waals surface area contributed by atoms with Crippen molar-refractivity contribution in [1.29, 1.82) is 5.26 Å². The van der Waals surface area contributed by atoms with Crippen LogP contribution in [0.25, 0.3) is 0 Å². The highest BCUT2D eigenvalue weighted by atomic mass is 32.2. The Morgan fingerprint density at radius 2 is 2.36 bits per heavy atom. The highest BCUT2D eigenvalue weighted by molar-refractivity contribution is 7.98. The Hall–Kier alpha value is -1.28. The van der Waals surface area contributed by atoms with Gasteiger partial charge in [-0.05, 0) is 19.1 Å². The molecule has 0 radical (unpaired) electrons. The summed E-state index contributed by atoms with van der Waals surface area (Å²) in [4.78, 5) is 18.3. The standard InChI is InChI=1S/C9H9N3OS/c1-14-9-6(4-10)8(13)11-7(12-9)5-2-3-5/h5H,2-3H2,1H3,(H,11,12,13). The maximum Gasteiger partial charge on any atom is 0.292 e. The second-order valence-corrected chi connectivity index (χ2v) is 4.04. The number of aromatic amines is 1. The van der Waals surface area contributed by atoms with Crippen LogP contribution in [0.1, 0.15) is 30.1 Å². The lowest BCUT2D eigenvalue weighted by Crippen LogP contribution is -2.15. The van der Waals surface area contributed by atoms with Gasteiger partial charge in [0.25, 0.3) is 5.56 Å². The molecule has 4 nitrogen and oxygen atoms in total. The van der Waals surface area contributed by atoms with Crippen LogP contribution < -0.4 is 5.56 Å². The summed E-state index contributed by atoms with van der Waals surface area (Å²) in [5.41, 5.74) is -0.278. The molecule has 1 aromatic rings. The molecule has 0 unspecified atom stereocenters. The van der Waals surface area contributed by atoms with Gasteiger partial charge < -0.3 is 4.98 Å². The normalized spacial score (nSPS) is 15.1. The largest absolute Gasteiger partial charge is 0.337 e. The van der Waals surface area contributed by atoms with E-state index in [2.05, 4.69) is 9.97 Å². The maximum atomic E-state index is 11.4. The molecule has 0 bridgehead atoms. The number of thioether (sulfide) groups is 1. The van der Waals surface area contributed by atoms with E-state index in [1.807, 2.05) is 12.3 Å². The van der Waals surface area contributed by atoms with Gasteiger partial charge in [0, 0.05) is 5.92 Å². The lowest BCUT2D eigenvalue weighted by atomic mass is 10.3. The zero-order chi connectivity index (χ0) is 10.1. The van der Waals surface area contributed by atoms with Gasteiger partial charge in [-0.2, -0.15) is 10.2 Å². The number of nitrogens with zero attached hydrogens (tertiary/aromatic N) is 2. The summed E-state index contributed by atoms with van der Waals surface area (Å²) >= 11 is 1.38. The first-order valence-electron chi connectivity index (χ1n) is 4.34. The average Bonchev–Trinajstić information content (AvgIpc) is 2.99. The van der Waals surface area contributed by atoms with Crippen molar-refractivity contribution in [3.05, 3.63) is 21.7 Å². The van der Waals surface area contributed by atoms with E-state index in [9.17, 15) is 4.79 Å². The molecule has 1 aliphatic rings. The first-order valence-corrected chi connectivity index (χ1v) is 5.57. The molecule has 1 heterocycles. The molecule has 0 spiro atoms. The second-order valence-electron chi connectivity index (χ2n) is 3.22. The van der Waals surface area contributed by atoms with E-state index in [-0.39, 0.29) is 5.56 Å². The van der Waals surface area contributed by atoms with Crippen molar-refractivity contribution in [2.24, 2.45) is 0 Å². The van der Waals surface area contributed by atoms with Gasteiger partial charge in [-0.25, -0.2) is 0 Å². The molecule has 5 heteroatoms. The zero-order valence-electron chi connectivity index (χ0n) is 7.70. The summed E-state index contributed by atoms with van der Waals surface area (Å²) in [7, 11) is 0. The molecule has 1 saturated carbocycles. The highest BCUT2D eigenvalue weighted by Gasteiger charge is 2.27. The van der Waals surface area contributed by atoms with Gasteiger partial charge in [0.15, 0.2) is 0 Å². The molecule has 14 heavy (non-hydrogen) atoms. The average molecular weight is 207 g/mol. The molecule has 0 atom stereocenters. The van der Waals surface area contributed by atoms with Gasteiger partial charge in [-0.3, -0.25) is 4.79 Å². The molecule has 1 N–H and O–H groups in total. The molecule has 0 saturated heterocycles. The third kappa shape index (κ3) is 1.53. The Morgan fingerprint density at radius 3 is 2.86 bits per heavy atom. The van der Waals surface area contributed by atoms with E-state index in [0.717, 1.165) is 18.7 Å². The molecule has 0 aromatic carbocycles. The Balaban J connectivity index is 2.55. The lowest BCUT2D eigenvalue weighted by Gasteiger charge is -2.02. The SMILES string of the molecule is CSc1[nH]c(C2CC2)nc(=O)c1C#N. The Kier molecular flexibility index (Phi) is 2.30. The first-order chi connectivity index (χ1) is 6.76. The van der Waals surface area contributed by atoms with Crippen molar-refractivity contribution in [2.45, 2.75) is 23.8 Å². The van der Waals surface area contributed by atoms with Crippen molar-refractivity contribution in [2.75, 3.05) is 6.26 Å². The summed E-state index contributed by atoms with van der Waals surface area (Å²) in [5, 5.41) is 9.39. The molecule has 0 aliphatic heterocycles. The smallest absolute Gasteiger partial charge is 0.292 e. The molecular formula is C9H9N3OS. The number of rotatable bonds is 2. The minimum Gasteiger partial charge on any atom is -0.337 e. The minimum atomic E-state index is -0.405. The molecule has 72 valence electrons. The van der Waals surface area contributed by atoms with Crippen LogP contribution in [0.3, 0.4) is 0 Å². The molecule has 1 aliphatic carbocycles. The number of aromatic nitrogens is 2. The Labute approximate surface area is 85.4 Å². The van der Waals surface area contributed by atoms with Gasteiger partial charge in [-0.15, -0.1) is 11.8 Å². The summed E-state index contributed by atoms with van der Waals surface area (Å²) in [6.45, 7) is 0. The van der Waals surface area contributed by atoms with Gasteiger partial charge in [0.05, 0.1) is 5.03 Å². The fourth-order valence-corrected chi connectivity index (χ4v) is 1.81. The molecule has 1 fully saturated rings. The molecule has 0 amide bonds. The van der Waals surface area contributed by atoms with Crippen molar-refractivity contribution >= 4 is 11.8 Å². The monoisotopic (exact) mass is 207 g/mol. The van der Waals surface area contributed by atoms with Crippen LogP contribution in [0.15, 0.2) is 9.82 Å². The maximum absolute atomic E-state index is 11.4. The van der Waals surface area contributed by atoms with Gasteiger partial charge in [0.1, 0.15) is 17.5 Å². The van der Waals surface area contributed by atoms with E-state index >= 15 is 0 Å². The molecule has 2 rings (SSSR count). The van der Waals surface area contributed by atoms with Crippen LogP contribution in [-0.2, 0) is 0 Å². The number of nitrogens with one attached hydrogen (secondary N) is 1. The highest BCUT2D eigenvalue weighted by Crippen LogP contribution is 2.38. The lowest BCUT2D eigenvalue weighted by molar-refractivity contribution is 0.853. The summed E-state index contributed by atoms with van der Waals surface area (Å²) in [5.74, 6) is 1.14. The fraction of sp³-hybridized carbons (Fsp3) is 0.444. The van der Waals surface area contributed by atoms with Gasteiger partial charge in [-0.1, -0.05) is 0 Å². The quantitative estimate of drug-likeness (QED) is 0.585. The molecular weight excluding hydrogens is 198 g/mol. The summed E-state index contributed by atoms with van der Waals surface area (Å²) in [6, 6.07) is 1.87. The Bertz CT molecular complexity index is 456. The van der Waals surface area contributed by atoms with Crippen LogP contribution in [0.4, 0.5) is 0 Å². The number of hydrogen-bond acceptors (Lipinski definition) is 4. The molecule has 1 aromatic heterocycles. The van der Waals surface area contributed by atoms with Crippen LogP contribution in [-0.4, -0.2) is 16.2 Å². The summed E-state index contributed by atoms with van der Waals surface area (Å²) in [6.07, 6.45) is 4.01. The van der Waals surface area contributed by atoms with Gasteiger partial charge in [0.2, 0.25) is 0 Å². The first kappa shape index (κ1) is 9.28. The number of H-pyrrole nitrogens is 1. The Morgan fingerprint density at radius 1 is 1.64 bits per heavy atom.